The smallest absolute Gasteiger partial charge is 0.430 e. The van der Waals surface area contributed by atoms with Crippen molar-refractivity contribution in [3.8, 4) is 5.75 Å². The SMILES string of the molecule is CC(C)CNc1cc2c(cc1CI)C=C(C(=O)O)C(C(F)(F)F)O2. The lowest BCUT2D eigenvalue weighted by Gasteiger charge is -2.28. The molecule has 0 saturated carbocycles. The van der Waals surface area contributed by atoms with E-state index in [1.54, 1.807) is 6.07 Å². The van der Waals surface area contributed by atoms with Gasteiger partial charge in [0.05, 0.1) is 5.57 Å². The third kappa shape index (κ3) is 4.14. The maximum absolute atomic E-state index is 13.1. The average molecular weight is 455 g/mol. The highest BCUT2D eigenvalue weighted by Gasteiger charge is 2.48. The molecule has 1 aliphatic rings. The molecule has 0 bridgehead atoms. The number of hydrogen-bond acceptors (Lipinski definition) is 3. The van der Waals surface area contributed by atoms with E-state index < -0.39 is 23.8 Å². The van der Waals surface area contributed by atoms with Gasteiger partial charge in [0.25, 0.3) is 0 Å². The largest absolute Gasteiger partial charge is 0.478 e. The summed E-state index contributed by atoms with van der Waals surface area (Å²) in [5.74, 6) is -1.24. The van der Waals surface area contributed by atoms with Crippen LogP contribution in [0.2, 0.25) is 0 Å². The number of benzene rings is 1. The number of ether oxygens (including phenoxy) is 1. The van der Waals surface area contributed by atoms with E-state index in [1.165, 1.54) is 6.07 Å². The van der Waals surface area contributed by atoms with Crippen LogP contribution < -0.4 is 10.1 Å². The molecular formula is C16H17F3INO3. The van der Waals surface area contributed by atoms with E-state index in [0.717, 1.165) is 11.6 Å². The lowest BCUT2D eigenvalue weighted by atomic mass is 9.99. The lowest BCUT2D eigenvalue weighted by molar-refractivity contribution is -0.187. The molecule has 4 nitrogen and oxygen atoms in total. The van der Waals surface area contributed by atoms with Gasteiger partial charge >= 0.3 is 12.1 Å². The highest BCUT2D eigenvalue weighted by molar-refractivity contribution is 14.1. The van der Waals surface area contributed by atoms with Gasteiger partial charge in [-0.2, -0.15) is 13.2 Å². The summed E-state index contributed by atoms with van der Waals surface area (Å²) in [7, 11) is 0. The Morgan fingerprint density at radius 1 is 1.42 bits per heavy atom. The van der Waals surface area contributed by atoms with Gasteiger partial charge in [-0.25, -0.2) is 4.79 Å². The van der Waals surface area contributed by atoms with Gasteiger partial charge < -0.3 is 15.2 Å². The molecular weight excluding hydrogens is 438 g/mol. The summed E-state index contributed by atoms with van der Waals surface area (Å²) in [4.78, 5) is 11.2. The summed E-state index contributed by atoms with van der Waals surface area (Å²) in [6.07, 6.45) is -6.22. The Bertz CT molecular complexity index is 671. The van der Waals surface area contributed by atoms with Crippen LogP contribution in [0.3, 0.4) is 0 Å². The van der Waals surface area contributed by atoms with Crippen molar-refractivity contribution in [1.82, 2.24) is 0 Å². The second-order valence-electron chi connectivity index (χ2n) is 5.90. The number of halogens is 4. The van der Waals surface area contributed by atoms with E-state index in [0.29, 0.717) is 28.1 Å². The summed E-state index contributed by atoms with van der Waals surface area (Å²) in [5.41, 5.74) is 1.11. The normalized spacial score (nSPS) is 17.1. The molecule has 1 unspecified atom stereocenters. The van der Waals surface area contributed by atoms with Gasteiger partial charge in [-0.1, -0.05) is 36.4 Å². The van der Waals surface area contributed by atoms with E-state index >= 15 is 0 Å². The van der Waals surface area contributed by atoms with Crippen molar-refractivity contribution in [2.75, 3.05) is 11.9 Å². The molecule has 2 rings (SSSR count). The standard InChI is InChI=1S/C16H17F3INO3/c1-8(2)7-21-12-5-13-9(3-10(12)6-20)4-11(15(22)23)14(24-13)16(17,18)19/h3-5,8,14,21H,6-7H2,1-2H3,(H,22,23). The molecule has 8 heteroatoms. The maximum Gasteiger partial charge on any atom is 0.430 e. The summed E-state index contributed by atoms with van der Waals surface area (Å²) >= 11 is 2.15. The number of carbonyl (C=O) groups is 1. The third-order valence-corrected chi connectivity index (χ3v) is 4.28. The van der Waals surface area contributed by atoms with Crippen LogP contribution in [0.25, 0.3) is 6.08 Å². The Morgan fingerprint density at radius 3 is 2.58 bits per heavy atom. The molecule has 1 heterocycles. The number of alkyl halides is 4. The molecule has 0 aliphatic carbocycles. The maximum atomic E-state index is 13.1. The second kappa shape index (κ2) is 7.20. The first-order valence-corrected chi connectivity index (χ1v) is 8.81. The molecule has 1 aromatic rings. The van der Waals surface area contributed by atoms with Crippen molar-refractivity contribution < 1.29 is 27.8 Å². The minimum Gasteiger partial charge on any atom is -0.478 e. The number of rotatable bonds is 5. The number of nitrogens with one attached hydrogen (secondary N) is 1. The van der Waals surface area contributed by atoms with E-state index in [1.807, 2.05) is 13.8 Å². The van der Waals surface area contributed by atoms with Crippen LogP contribution in [0.5, 0.6) is 5.75 Å². The van der Waals surface area contributed by atoms with Crippen LogP contribution in [-0.4, -0.2) is 29.9 Å². The van der Waals surface area contributed by atoms with Gasteiger partial charge in [0.15, 0.2) is 0 Å². The zero-order valence-electron chi connectivity index (χ0n) is 13.1. The summed E-state index contributed by atoms with van der Waals surface area (Å²) in [5, 5.41) is 12.3. The zero-order chi connectivity index (χ0) is 18.1. The highest BCUT2D eigenvalue weighted by atomic mass is 127. The Balaban J connectivity index is 2.47. The number of anilines is 1. The van der Waals surface area contributed by atoms with Gasteiger partial charge in [-0.05, 0) is 23.6 Å². The minimum atomic E-state index is -4.80. The number of aliphatic carboxylic acids is 1. The van der Waals surface area contributed by atoms with Crippen LogP contribution in [-0.2, 0) is 9.22 Å². The molecule has 2 N–H and O–H groups in total. The Hall–Kier alpha value is -1.45. The number of carboxylic acid groups (broad SMARTS) is 1. The van der Waals surface area contributed by atoms with Crippen LogP contribution in [0.4, 0.5) is 18.9 Å². The van der Waals surface area contributed by atoms with Gasteiger partial charge in [0.2, 0.25) is 6.10 Å². The monoisotopic (exact) mass is 455 g/mol. The lowest BCUT2D eigenvalue weighted by Crippen LogP contribution is -2.40. The zero-order valence-corrected chi connectivity index (χ0v) is 15.2. The molecule has 1 aliphatic heterocycles. The predicted molar refractivity (Wildman–Crippen MR) is 93.6 cm³/mol. The van der Waals surface area contributed by atoms with Crippen LogP contribution in [0, 0.1) is 5.92 Å². The molecule has 132 valence electrons. The molecule has 1 atom stereocenters. The van der Waals surface area contributed by atoms with E-state index in [9.17, 15) is 18.0 Å². The summed E-state index contributed by atoms with van der Waals surface area (Å²) in [6.45, 7) is 4.71. The van der Waals surface area contributed by atoms with Gasteiger partial charge in [0, 0.05) is 28.3 Å². The molecule has 1 aromatic carbocycles. The number of hydrogen-bond donors (Lipinski definition) is 2. The summed E-state index contributed by atoms with van der Waals surface area (Å²) < 4.78 is 44.9. The van der Waals surface area contributed by atoms with Crippen LogP contribution in [0.1, 0.15) is 25.0 Å². The fraction of sp³-hybridized carbons (Fsp3) is 0.438. The van der Waals surface area contributed by atoms with Crippen molar-refractivity contribution in [3.63, 3.8) is 0 Å². The van der Waals surface area contributed by atoms with Crippen molar-refractivity contribution in [3.05, 3.63) is 28.8 Å². The first-order valence-electron chi connectivity index (χ1n) is 7.28. The Morgan fingerprint density at radius 2 is 2.08 bits per heavy atom. The predicted octanol–water partition coefficient (Wildman–Crippen LogP) is 4.48. The Kier molecular flexibility index (Phi) is 5.67. The van der Waals surface area contributed by atoms with Crippen molar-refractivity contribution in [2.24, 2.45) is 5.92 Å². The van der Waals surface area contributed by atoms with Crippen molar-refractivity contribution in [2.45, 2.75) is 30.6 Å². The summed E-state index contributed by atoms with van der Waals surface area (Å²) in [6, 6.07) is 3.18. The first kappa shape index (κ1) is 18.9. The molecule has 0 aromatic heterocycles. The fourth-order valence-corrected chi connectivity index (χ4v) is 2.93. The second-order valence-corrected chi connectivity index (χ2v) is 6.66. The van der Waals surface area contributed by atoms with Crippen molar-refractivity contribution in [1.29, 1.82) is 0 Å². The molecule has 0 radical (unpaired) electrons. The topological polar surface area (TPSA) is 58.6 Å². The van der Waals surface area contributed by atoms with Crippen LogP contribution >= 0.6 is 22.6 Å². The molecule has 0 fully saturated rings. The Labute approximate surface area is 151 Å². The average Bonchev–Trinajstić information content (AvgIpc) is 2.49. The van der Waals surface area contributed by atoms with E-state index in [4.69, 9.17) is 9.84 Å². The molecule has 0 spiro atoms. The number of fused-ring (bicyclic) bond motifs is 1. The molecule has 0 amide bonds. The van der Waals surface area contributed by atoms with E-state index in [2.05, 4.69) is 27.9 Å². The molecule has 0 saturated heterocycles. The number of carboxylic acids is 1. The molecule has 24 heavy (non-hydrogen) atoms. The van der Waals surface area contributed by atoms with Gasteiger partial charge in [-0.15, -0.1) is 0 Å². The first-order chi connectivity index (χ1) is 11.1. The minimum absolute atomic E-state index is 0.0298. The fourth-order valence-electron chi connectivity index (χ4n) is 2.30. The van der Waals surface area contributed by atoms with Gasteiger partial charge in [-0.3, -0.25) is 0 Å². The third-order valence-electron chi connectivity index (χ3n) is 3.46. The van der Waals surface area contributed by atoms with Crippen molar-refractivity contribution >= 4 is 40.3 Å². The highest BCUT2D eigenvalue weighted by Crippen LogP contribution is 2.40. The van der Waals surface area contributed by atoms with Gasteiger partial charge in [0.1, 0.15) is 5.75 Å². The van der Waals surface area contributed by atoms with E-state index in [-0.39, 0.29) is 5.75 Å². The van der Waals surface area contributed by atoms with Crippen LogP contribution in [0.15, 0.2) is 17.7 Å². The quantitative estimate of drug-likeness (QED) is 0.508.